The minimum Gasteiger partial charge on any atom is -0.545 e. The first-order valence-corrected chi connectivity index (χ1v) is 11.2. The van der Waals surface area contributed by atoms with Gasteiger partial charge in [-0.1, -0.05) is 36.4 Å². The maximum Gasteiger partial charge on any atom is 0.251 e. The van der Waals surface area contributed by atoms with Crippen LogP contribution in [-0.2, 0) is 16.0 Å². The van der Waals surface area contributed by atoms with E-state index in [1.165, 1.54) is 16.5 Å². The third kappa shape index (κ3) is 7.60. The number of piperidine rings is 1. The number of aromatic amines is 1. The van der Waals surface area contributed by atoms with Gasteiger partial charge in [-0.3, -0.25) is 4.79 Å². The zero-order chi connectivity index (χ0) is 24.3. The van der Waals surface area contributed by atoms with Crippen LogP contribution in [-0.4, -0.2) is 53.4 Å². The number of hydrogen-bond donors (Lipinski definition) is 2. The van der Waals surface area contributed by atoms with Crippen molar-refractivity contribution in [2.24, 2.45) is 0 Å². The Balaban J connectivity index is 0.000000350. The van der Waals surface area contributed by atoms with Crippen molar-refractivity contribution in [3.63, 3.8) is 0 Å². The molecular formula is C26H27N3O5-2. The molecule has 34 heavy (non-hydrogen) atoms. The molecule has 0 unspecified atom stereocenters. The molecule has 0 atom stereocenters. The number of carbonyl (C=O) groups is 3. The molecule has 1 aliphatic rings. The fourth-order valence-corrected chi connectivity index (χ4v) is 3.91. The van der Waals surface area contributed by atoms with Crippen molar-refractivity contribution in [2.45, 2.75) is 25.3 Å². The standard InChI is InChI=1S/C22H25N3O.C4H4O4/c26-22(17-6-2-1-3-7-17)24-19-11-14-25(15-12-19)13-10-18-16-23-21-9-5-4-8-20(18)21;5-3(6)1-2-4(7)8/h1-9,16,19,23H,10-15H2,(H,24,26);1-2H,(H,5,6)(H,7,8)/p-2. The van der Waals surface area contributed by atoms with Crippen LogP contribution >= 0.6 is 0 Å². The summed E-state index contributed by atoms with van der Waals surface area (Å²) in [5.41, 5.74) is 3.35. The van der Waals surface area contributed by atoms with Gasteiger partial charge in [-0.25, -0.2) is 0 Å². The van der Waals surface area contributed by atoms with Crippen LogP contribution in [0.15, 0.2) is 72.9 Å². The second kappa shape index (κ2) is 12.4. The largest absolute Gasteiger partial charge is 0.545 e. The van der Waals surface area contributed by atoms with Gasteiger partial charge in [-0.05, 0) is 55.2 Å². The molecule has 1 amide bonds. The number of aromatic nitrogens is 1. The van der Waals surface area contributed by atoms with Crippen LogP contribution in [0.5, 0.6) is 0 Å². The first kappa shape index (κ1) is 24.7. The summed E-state index contributed by atoms with van der Waals surface area (Å²) >= 11 is 0. The van der Waals surface area contributed by atoms with Gasteiger partial charge in [0.15, 0.2) is 0 Å². The smallest absolute Gasteiger partial charge is 0.251 e. The Labute approximate surface area is 197 Å². The number of amides is 1. The molecule has 1 aromatic heterocycles. The lowest BCUT2D eigenvalue weighted by atomic mass is 10.0. The third-order valence-corrected chi connectivity index (χ3v) is 5.69. The highest BCUT2D eigenvalue weighted by Gasteiger charge is 2.21. The maximum absolute atomic E-state index is 12.3. The molecule has 8 heteroatoms. The number of H-pyrrole nitrogens is 1. The molecule has 0 aliphatic carbocycles. The van der Waals surface area contributed by atoms with Crippen molar-refractivity contribution in [3.05, 3.63) is 84.1 Å². The fraction of sp³-hybridized carbons (Fsp3) is 0.269. The molecule has 0 saturated carbocycles. The number of nitrogens with zero attached hydrogens (tertiary/aromatic N) is 1. The predicted molar refractivity (Wildman–Crippen MR) is 125 cm³/mol. The average Bonchev–Trinajstić information content (AvgIpc) is 3.26. The van der Waals surface area contributed by atoms with Gasteiger partial charge in [-0.2, -0.15) is 0 Å². The Morgan fingerprint density at radius 1 is 0.941 bits per heavy atom. The van der Waals surface area contributed by atoms with Gasteiger partial charge in [0.05, 0.1) is 11.9 Å². The van der Waals surface area contributed by atoms with E-state index in [1.54, 1.807) is 0 Å². The number of benzene rings is 2. The van der Waals surface area contributed by atoms with E-state index in [2.05, 4.69) is 45.7 Å². The number of rotatable bonds is 7. The van der Waals surface area contributed by atoms with Crippen molar-refractivity contribution in [1.29, 1.82) is 0 Å². The summed E-state index contributed by atoms with van der Waals surface area (Å²) < 4.78 is 0. The second-order valence-corrected chi connectivity index (χ2v) is 8.04. The van der Waals surface area contributed by atoms with Crippen LogP contribution < -0.4 is 15.5 Å². The molecular weight excluding hydrogens is 434 g/mol. The summed E-state index contributed by atoms with van der Waals surface area (Å²) in [6.45, 7) is 3.16. The zero-order valence-electron chi connectivity index (χ0n) is 18.7. The van der Waals surface area contributed by atoms with Gasteiger partial charge in [0.2, 0.25) is 0 Å². The fourth-order valence-electron chi connectivity index (χ4n) is 3.91. The molecule has 4 rings (SSSR count). The number of carboxylic acids is 2. The van der Waals surface area contributed by atoms with E-state index >= 15 is 0 Å². The van der Waals surface area contributed by atoms with Crippen molar-refractivity contribution in [1.82, 2.24) is 15.2 Å². The molecule has 0 radical (unpaired) electrons. The number of nitrogens with one attached hydrogen (secondary N) is 2. The van der Waals surface area contributed by atoms with Crippen LogP contribution in [0.3, 0.4) is 0 Å². The van der Waals surface area contributed by atoms with Crippen LogP contribution in [0.1, 0.15) is 28.8 Å². The number of carboxylic acid groups (broad SMARTS) is 2. The van der Waals surface area contributed by atoms with E-state index < -0.39 is 11.9 Å². The van der Waals surface area contributed by atoms with Gasteiger partial charge in [-0.15, -0.1) is 0 Å². The van der Waals surface area contributed by atoms with Gasteiger partial charge in [0.25, 0.3) is 5.91 Å². The number of carbonyl (C=O) groups excluding carboxylic acids is 3. The third-order valence-electron chi connectivity index (χ3n) is 5.69. The Bertz CT molecular complexity index is 1120. The van der Waals surface area contributed by atoms with E-state index in [1.807, 2.05) is 30.3 Å². The Morgan fingerprint density at radius 3 is 2.21 bits per heavy atom. The first-order valence-electron chi connectivity index (χ1n) is 11.2. The Morgan fingerprint density at radius 2 is 1.56 bits per heavy atom. The predicted octanol–water partition coefficient (Wildman–Crippen LogP) is 0.647. The van der Waals surface area contributed by atoms with Crippen molar-refractivity contribution >= 4 is 28.7 Å². The number of likely N-dealkylation sites (tertiary alicyclic amines) is 1. The molecule has 2 N–H and O–H groups in total. The number of aliphatic carboxylic acids is 2. The summed E-state index contributed by atoms with van der Waals surface area (Å²) in [7, 11) is 0. The van der Waals surface area contributed by atoms with E-state index in [0.29, 0.717) is 12.2 Å². The molecule has 0 spiro atoms. The molecule has 2 heterocycles. The topological polar surface area (TPSA) is 128 Å². The highest BCUT2D eigenvalue weighted by molar-refractivity contribution is 5.94. The summed E-state index contributed by atoms with van der Waals surface area (Å²) in [5.74, 6) is -3.05. The van der Waals surface area contributed by atoms with Crippen LogP contribution in [0.4, 0.5) is 0 Å². The highest BCUT2D eigenvalue weighted by atomic mass is 16.4. The van der Waals surface area contributed by atoms with E-state index in [0.717, 1.165) is 44.5 Å². The van der Waals surface area contributed by atoms with Crippen LogP contribution in [0.2, 0.25) is 0 Å². The Kier molecular flexibility index (Phi) is 8.99. The lowest BCUT2D eigenvalue weighted by molar-refractivity contribution is -0.301. The van der Waals surface area contributed by atoms with Crippen LogP contribution in [0, 0.1) is 0 Å². The number of fused-ring (bicyclic) bond motifs is 1. The summed E-state index contributed by atoms with van der Waals surface area (Å²) in [4.78, 5) is 37.0. The van der Waals surface area contributed by atoms with Gasteiger partial charge in [0.1, 0.15) is 0 Å². The van der Waals surface area contributed by atoms with Crippen molar-refractivity contribution in [3.8, 4) is 0 Å². The van der Waals surface area contributed by atoms with E-state index in [-0.39, 0.29) is 11.9 Å². The molecule has 8 nitrogen and oxygen atoms in total. The molecule has 0 bridgehead atoms. The summed E-state index contributed by atoms with van der Waals surface area (Å²) in [6.07, 6.45) is 6.01. The lowest BCUT2D eigenvalue weighted by Crippen LogP contribution is -2.45. The molecule has 1 aliphatic heterocycles. The second-order valence-electron chi connectivity index (χ2n) is 8.04. The van der Waals surface area contributed by atoms with Crippen LogP contribution in [0.25, 0.3) is 10.9 Å². The van der Waals surface area contributed by atoms with Gasteiger partial charge < -0.3 is 35.0 Å². The molecule has 178 valence electrons. The normalized spacial score (nSPS) is 14.5. The van der Waals surface area contributed by atoms with Crippen molar-refractivity contribution in [2.75, 3.05) is 19.6 Å². The first-order chi connectivity index (χ1) is 16.4. The molecule has 1 fully saturated rings. The van der Waals surface area contributed by atoms with E-state index in [4.69, 9.17) is 0 Å². The highest BCUT2D eigenvalue weighted by Crippen LogP contribution is 2.19. The van der Waals surface area contributed by atoms with E-state index in [9.17, 15) is 24.6 Å². The number of hydrogen-bond acceptors (Lipinski definition) is 6. The SMILES string of the molecule is O=C(NC1CCN(CCc2c[nH]c3ccccc23)CC1)c1ccccc1.O=C([O-])C=CC(=O)[O-]. The quantitative estimate of drug-likeness (QED) is 0.497. The lowest BCUT2D eigenvalue weighted by Gasteiger charge is -2.32. The minimum absolute atomic E-state index is 0.0443. The molecule has 3 aromatic rings. The van der Waals surface area contributed by atoms with Gasteiger partial charge in [0, 0.05) is 48.3 Å². The van der Waals surface area contributed by atoms with Crippen molar-refractivity contribution < 1.29 is 24.6 Å². The van der Waals surface area contributed by atoms with Gasteiger partial charge >= 0.3 is 0 Å². The Hall–Kier alpha value is -3.91. The summed E-state index contributed by atoms with van der Waals surface area (Å²) in [6, 6.07) is 18.2. The number of para-hydroxylation sites is 1. The summed E-state index contributed by atoms with van der Waals surface area (Å²) in [5, 5.41) is 23.3. The molecule has 2 aromatic carbocycles. The monoisotopic (exact) mass is 461 g/mol. The minimum atomic E-state index is -1.55. The maximum atomic E-state index is 12.3. The molecule has 1 saturated heterocycles. The average molecular weight is 462 g/mol. The zero-order valence-corrected chi connectivity index (χ0v) is 18.7.